The molecule has 0 saturated carbocycles. The number of hydrogen-bond donors (Lipinski definition) is 5. The Kier molecular flexibility index (Phi) is 9.52. The van der Waals surface area contributed by atoms with E-state index in [0.29, 0.717) is 0 Å². The van der Waals surface area contributed by atoms with Crippen LogP contribution in [0.25, 0.3) is 0 Å². The van der Waals surface area contributed by atoms with Crippen molar-refractivity contribution in [2.75, 3.05) is 39.6 Å². The quantitative estimate of drug-likeness (QED) is 0.251. The van der Waals surface area contributed by atoms with Crippen LogP contribution in [0, 0.1) is 0 Å². The minimum Gasteiger partial charge on any atom is -0.481 e. The normalized spacial score (nSPS) is 31.2. The second-order valence-corrected chi connectivity index (χ2v) is 4.94. The molecule has 1 heterocycles. The number of carbonyl (C=O) groups is 1. The van der Waals surface area contributed by atoms with Crippen molar-refractivity contribution in [1.82, 2.24) is 0 Å². The van der Waals surface area contributed by atoms with Crippen LogP contribution in [0.3, 0.4) is 0 Å². The van der Waals surface area contributed by atoms with Crippen LogP contribution in [0.15, 0.2) is 0 Å². The molecule has 0 aromatic rings. The molecule has 10 nitrogen and oxygen atoms in total. The van der Waals surface area contributed by atoms with Crippen LogP contribution >= 0.6 is 0 Å². The largest absolute Gasteiger partial charge is 0.481 e. The number of aliphatic hydroxyl groups is 4. The molecule has 0 aliphatic carbocycles. The summed E-state index contributed by atoms with van der Waals surface area (Å²) in [6, 6.07) is 0. The lowest BCUT2D eigenvalue weighted by molar-refractivity contribution is -0.302. The molecule has 0 aromatic heterocycles. The molecule has 136 valence electrons. The first-order valence-corrected chi connectivity index (χ1v) is 7.26. The number of ether oxygens (including phenoxy) is 4. The number of carboxylic acids is 1. The van der Waals surface area contributed by atoms with Crippen LogP contribution in [0.2, 0.25) is 0 Å². The van der Waals surface area contributed by atoms with Gasteiger partial charge >= 0.3 is 5.97 Å². The summed E-state index contributed by atoms with van der Waals surface area (Å²) in [6.45, 7) is 0.301. The van der Waals surface area contributed by atoms with Gasteiger partial charge in [0.1, 0.15) is 24.4 Å². The van der Waals surface area contributed by atoms with Crippen LogP contribution in [-0.2, 0) is 23.7 Å². The van der Waals surface area contributed by atoms with Crippen LogP contribution in [0.4, 0.5) is 0 Å². The SMILES string of the molecule is O=C(O)CCOCCOCCO[C@@H]1OC(CO)C(O)[C@@H](O)C1O. The Morgan fingerprint density at radius 3 is 2.13 bits per heavy atom. The van der Waals surface area contributed by atoms with Crippen LogP contribution < -0.4 is 0 Å². The van der Waals surface area contributed by atoms with Crippen molar-refractivity contribution >= 4 is 5.97 Å². The number of carboxylic acid groups (broad SMARTS) is 1. The van der Waals surface area contributed by atoms with Gasteiger partial charge in [-0.05, 0) is 0 Å². The van der Waals surface area contributed by atoms with E-state index in [-0.39, 0.29) is 39.5 Å². The van der Waals surface area contributed by atoms with Crippen molar-refractivity contribution in [3.63, 3.8) is 0 Å². The highest BCUT2D eigenvalue weighted by Crippen LogP contribution is 2.21. The minimum atomic E-state index is -1.48. The molecule has 5 N–H and O–H groups in total. The summed E-state index contributed by atoms with van der Waals surface area (Å²) < 4.78 is 20.5. The average molecular weight is 340 g/mol. The molecule has 10 heteroatoms. The maximum absolute atomic E-state index is 10.2. The van der Waals surface area contributed by atoms with Gasteiger partial charge in [0.2, 0.25) is 0 Å². The smallest absolute Gasteiger partial charge is 0.305 e. The third-order valence-electron chi connectivity index (χ3n) is 3.19. The fourth-order valence-corrected chi connectivity index (χ4v) is 1.91. The van der Waals surface area contributed by atoms with Crippen molar-refractivity contribution in [2.24, 2.45) is 0 Å². The van der Waals surface area contributed by atoms with Gasteiger partial charge in [0, 0.05) is 0 Å². The molecule has 0 spiro atoms. The second-order valence-electron chi connectivity index (χ2n) is 4.94. The van der Waals surface area contributed by atoms with Gasteiger partial charge in [-0.25, -0.2) is 0 Å². The zero-order chi connectivity index (χ0) is 17.2. The monoisotopic (exact) mass is 340 g/mol. The Labute approximate surface area is 133 Å². The summed E-state index contributed by atoms with van der Waals surface area (Å²) in [7, 11) is 0. The van der Waals surface area contributed by atoms with Crippen LogP contribution in [0.5, 0.6) is 0 Å². The molecular formula is C13H24O10. The summed E-state index contributed by atoms with van der Waals surface area (Å²) in [5.74, 6) is -0.932. The van der Waals surface area contributed by atoms with Gasteiger partial charge in [-0.2, -0.15) is 0 Å². The van der Waals surface area contributed by atoms with Gasteiger partial charge in [0.15, 0.2) is 6.29 Å². The van der Waals surface area contributed by atoms with Gasteiger partial charge in [0.05, 0.1) is 46.1 Å². The number of hydrogen-bond acceptors (Lipinski definition) is 9. The molecule has 1 saturated heterocycles. The molecule has 1 aliphatic heterocycles. The molecule has 3 unspecified atom stereocenters. The van der Waals surface area contributed by atoms with Gasteiger partial charge in [-0.15, -0.1) is 0 Å². The highest BCUT2D eigenvalue weighted by Gasteiger charge is 2.43. The molecule has 1 aliphatic rings. The lowest BCUT2D eigenvalue weighted by Crippen LogP contribution is -2.59. The minimum absolute atomic E-state index is 0.0534. The van der Waals surface area contributed by atoms with E-state index in [1.165, 1.54) is 0 Å². The van der Waals surface area contributed by atoms with E-state index in [2.05, 4.69) is 0 Å². The lowest BCUT2D eigenvalue weighted by atomic mass is 9.99. The molecule has 23 heavy (non-hydrogen) atoms. The number of aliphatic hydroxyl groups excluding tert-OH is 4. The molecule has 0 aromatic carbocycles. The number of rotatable bonds is 11. The second kappa shape index (κ2) is 10.8. The molecule has 1 rings (SSSR count). The van der Waals surface area contributed by atoms with Crippen LogP contribution in [-0.4, -0.2) is 102 Å². The molecule has 0 amide bonds. The van der Waals surface area contributed by atoms with Crippen molar-refractivity contribution in [3.05, 3.63) is 0 Å². The first-order chi connectivity index (χ1) is 11.0. The van der Waals surface area contributed by atoms with Gasteiger partial charge < -0.3 is 44.5 Å². The predicted molar refractivity (Wildman–Crippen MR) is 73.6 cm³/mol. The zero-order valence-electron chi connectivity index (χ0n) is 12.6. The molecule has 5 atom stereocenters. The standard InChI is InChI=1S/C13H24O10/c14-7-8-10(17)11(18)12(19)13(23-8)22-6-5-21-4-3-20-2-1-9(15)16/h8,10-14,17-19H,1-7H2,(H,15,16)/t8?,10?,11-,12?,13-/m1/s1. The van der Waals surface area contributed by atoms with Gasteiger partial charge in [0.25, 0.3) is 0 Å². The van der Waals surface area contributed by atoms with Gasteiger partial charge in [-0.1, -0.05) is 0 Å². The summed E-state index contributed by atoms with van der Waals surface area (Å²) in [6.07, 6.45) is -6.60. The Hall–Kier alpha value is -0.850. The van der Waals surface area contributed by atoms with Gasteiger partial charge in [-0.3, -0.25) is 4.79 Å². The topological polar surface area (TPSA) is 155 Å². The van der Waals surface area contributed by atoms with E-state index < -0.39 is 43.3 Å². The van der Waals surface area contributed by atoms with Crippen molar-refractivity contribution in [3.8, 4) is 0 Å². The summed E-state index contributed by atoms with van der Waals surface area (Å²) in [4.78, 5) is 10.2. The van der Waals surface area contributed by atoms with E-state index >= 15 is 0 Å². The van der Waals surface area contributed by atoms with Crippen molar-refractivity contribution < 1.29 is 49.3 Å². The Balaban J connectivity index is 2.09. The van der Waals surface area contributed by atoms with E-state index in [1.807, 2.05) is 0 Å². The highest BCUT2D eigenvalue weighted by atomic mass is 16.7. The predicted octanol–water partition coefficient (Wildman–Crippen LogP) is -2.69. The maximum Gasteiger partial charge on any atom is 0.305 e. The Morgan fingerprint density at radius 1 is 0.913 bits per heavy atom. The van der Waals surface area contributed by atoms with Crippen molar-refractivity contribution in [2.45, 2.75) is 37.1 Å². The first kappa shape index (κ1) is 20.2. The average Bonchev–Trinajstić information content (AvgIpc) is 2.52. The molecule has 0 radical (unpaired) electrons. The van der Waals surface area contributed by atoms with Crippen LogP contribution in [0.1, 0.15) is 6.42 Å². The molecule has 0 bridgehead atoms. The van der Waals surface area contributed by atoms with E-state index in [9.17, 15) is 20.1 Å². The fraction of sp³-hybridized carbons (Fsp3) is 0.923. The lowest BCUT2D eigenvalue weighted by Gasteiger charge is -2.39. The first-order valence-electron chi connectivity index (χ1n) is 7.26. The molecule has 1 fully saturated rings. The summed E-state index contributed by atoms with van der Waals surface area (Å²) in [5, 5.41) is 46.3. The van der Waals surface area contributed by atoms with E-state index in [4.69, 9.17) is 29.2 Å². The zero-order valence-corrected chi connectivity index (χ0v) is 12.6. The Morgan fingerprint density at radius 2 is 1.52 bits per heavy atom. The maximum atomic E-state index is 10.2. The third-order valence-corrected chi connectivity index (χ3v) is 3.19. The number of aliphatic carboxylic acids is 1. The van der Waals surface area contributed by atoms with Crippen molar-refractivity contribution in [1.29, 1.82) is 0 Å². The summed E-state index contributed by atoms with van der Waals surface area (Å²) >= 11 is 0. The summed E-state index contributed by atoms with van der Waals surface area (Å²) in [5.41, 5.74) is 0. The van der Waals surface area contributed by atoms with E-state index in [1.54, 1.807) is 0 Å². The fourth-order valence-electron chi connectivity index (χ4n) is 1.91. The Bertz CT molecular complexity index is 337. The highest BCUT2D eigenvalue weighted by molar-refractivity contribution is 5.66. The third kappa shape index (κ3) is 7.06. The van der Waals surface area contributed by atoms with E-state index in [0.717, 1.165) is 0 Å². The molecular weight excluding hydrogens is 316 g/mol.